The normalized spacial score (nSPS) is 18.8. The summed E-state index contributed by atoms with van der Waals surface area (Å²) in [5, 5.41) is 7.81. The van der Waals surface area contributed by atoms with Gasteiger partial charge in [-0.1, -0.05) is 27.2 Å². The highest BCUT2D eigenvalue weighted by molar-refractivity contribution is 9.10. The molecule has 5 nitrogen and oxygen atoms in total. The summed E-state index contributed by atoms with van der Waals surface area (Å²) in [5.74, 6) is 0.0731. The first-order valence-corrected chi connectivity index (χ1v) is 6.94. The minimum Gasteiger partial charge on any atom is -0.336 e. The first-order valence-electron chi connectivity index (χ1n) is 6.14. The van der Waals surface area contributed by atoms with Crippen molar-refractivity contribution >= 4 is 21.8 Å². The van der Waals surface area contributed by atoms with Crippen molar-refractivity contribution in [3.63, 3.8) is 0 Å². The van der Waals surface area contributed by atoms with E-state index in [0.29, 0.717) is 12.1 Å². The van der Waals surface area contributed by atoms with E-state index in [1.54, 1.807) is 6.20 Å². The molecule has 3 rings (SSSR count). The molecule has 0 unspecified atom stereocenters. The van der Waals surface area contributed by atoms with Crippen LogP contribution >= 0.6 is 15.9 Å². The monoisotopic (exact) mass is 320 g/mol. The molecular weight excluding hydrogens is 308 g/mol. The van der Waals surface area contributed by atoms with Gasteiger partial charge in [-0.15, -0.1) is 5.10 Å². The molecule has 2 aromatic rings. The predicted molar refractivity (Wildman–Crippen MR) is 73.7 cm³/mol. The van der Waals surface area contributed by atoms with Crippen molar-refractivity contribution < 1.29 is 4.79 Å². The largest absolute Gasteiger partial charge is 0.336 e. The molecule has 1 saturated heterocycles. The fourth-order valence-corrected chi connectivity index (χ4v) is 2.76. The Morgan fingerprint density at radius 3 is 3.05 bits per heavy atom. The highest BCUT2D eigenvalue weighted by atomic mass is 79.9. The van der Waals surface area contributed by atoms with Crippen LogP contribution in [0.3, 0.4) is 0 Å². The van der Waals surface area contributed by atoms with E-state index in [9.17, 15) is 4.79 Å². The van der Waals surface area contributed by atoms with E-state index in [-0.39, 0.29) is 11.9 Å². The second-order valence-corrected chi connectivity index (χ2v) is 5.50. The van der Waals surface area contributed by atoms with Crippen LogP contribution in [0.2, 0.25) is 0 Å². The van der Waals surface area contributed by atoms with Gasteiger partial charge < -0.3 is 4.90 Å². The Labute approximate surface area is 119 Å². The first kappa shape index (κ1) is 12.3. The summed E-state index contributed by atoms with van der Waals surface area (Å²) in [6, 6.07) is 7.72. The molecule has 1 aliphatic heterocycles. The maximum Gasteiger partial charge on any atom is 0.253 e. The number of amides is 1. The lowest BCUT2D eigenvalue weighted by Gasteiger charge is -2.16. The van der Waals surface area contributed by atoms with Crippen LogP contribution in [0.1, 0.15) is 22.8 Å². The van der Waals surface area contributed by atoms with E-state index in [1.165, 1.54) is 0 Å². The Bertz CT molecular complexity index is 584. The van der Waals surface area contributed by atoms with Crippen molar-refractivity contribution in [1.29, 1.82) is 0 Å². The molecule has 1 amide bonds. The zero-order valence-electron chi connectivity index (χ0n) is 10.2. The third-order valence-corrected chi connectivity index (χ3v) is 3.83. The van der Waals surface area contributed by atoms with Gasteiger partial charge in [-0.25, -0.2) is 4.68 Å². The van der Waals surface area contributed by atoms with E-state index in [4.69, 9.17) is 0 Å². The van der Waals surface area contributed by atoms with Crippen LogP contribution in [0.4, 0.5) is 0 Å². The number of hydrogen-bond acceptors (Lipinski definition) is 3. The Kier molecular flexibility index (Phi) is 3.33. The van der Waals surface area contributed by atoms with Crippen LogP contribution in [-0.4, -0.2) is 38.9 Å². The minimum absolute atomic E-state index is 0.0731. The average molecular weight is 321 g/mol. The van der Waals surface area contributed by atoms with Crippen LogP contribution in [0.5, 0.6) is 0 Å². The van der Waals surface area contributed by atoms with Crippen molar-refractivity contribution in [3.05, 3.63) is 46.7 Å². The third-order valence-electron chi connectivity index (χ3n) is 3.34. The second kappa shape index (κ2) is 5.13. The average Bonchev–Trinajstić information content (AvgIpc) is 3.08. The summed E-state index contributed by atoms with van der Waals surface area (Å²) in [6.45, 7) is 1.45. The van der Waals surface area contributed by atoms with Gasteiger partial charge in [0.1, 0.15) is 0 Å². The zero-order valence-corrected chi connectivity index (χ0v) is 11.8. The standard InChI is InChI=1S/C13H13BrN4O/c14-11-3-1-2-10(8-11)13(19)17-6-4-12(9-17)18-7-5-15-16-18/h1-3,5,7-8,12H,4,6,9H2/t12-/m1/s1. The molecule has 1 aromatic heterocycles. The molecule has 0 N–H and O–H groups in total. The lowest BCUT2D eigenvalue weighted by atomic mass is 10.2. The third kappa shape index (κ3) is 2.53. The summed E-state index contributed by atoms with van der Waals surface area (Å²) >= 11 is 3.39. The number of carbonyl (C=O) groups excluding carboxylic acids is 1. The van der Waals surface area contributed by atoms with E-state index in [1.807, 2.05) is 40.0 Å². The number of halogens is 1. The van der Waals surface area contributed by atoms with Gasteiger partial charge in [0.05, 0.1) is 12.2 Å². The van der Waals surface area contributed by atoms with Crippen LogP contribution in [-0.2, 0) is 0 Å². The topological polar surface area (TPSA) is 51.0 Å². The van der Waals surface area contributed by atoms with Gasteiger partial charge in [0.15, 0.2) is 0 Å². The molecule has 19 heavy (non-hydrogen) atoms. The Morgan fingerprint density at radius 2 is 2.32 bits per heavy atom. The van der Waals surface area contributed by atoms with Gasteiger partial charge in [0.2, 0.25) is 0 Å². The lowest BCUT2D eigenvalue weighted by molar-refractivity contribution is 0.0787. The molecule has 1 fully saturated rings. The summed E-state index contributed by atoms with van der Waals surface area (Å²) in [6.07, 6.45) is 4.43. The molecule has 98 valence electrons. The number of carbonyl (C=O) groups is 1. The Morgan fingerprint density at radius 1 is 1.42 bits per heavy atom. The van der Waals surface area contributed by atoms with Gasteiger partial charge in [-0.05, 0) is 24.6 Å². The van der Waals surface area contributed by atoms with Crippen molar-refractivity contribution in [2.24, 2.45) is 0 Å². The number of aromatic nitrogens is 3. The fraction of sp³-hybridized carbons (Fsp3) is 0.308. The summed E-state index contributed by atoms with van der Waals surface area (Å²) in [5.41, 5.74) is 0.716. The zero-order chi connectivity index (χ0) is 13.2. The lowest BCUT2D eigenvalue weighted by Crippen LogP contribution is -2.29. The maximum absolute atomic E-state index is 12.4. The second-order valence-electron chi connectivity index (χ2n) is 4.59. The number of benzene rings is 1. The number of nitrogens with zero attached hydrogens (tertiary/aromatic N) is 4. The van der Waals surface area contributed by atoms with Gasteiger partial charge in [-0.3, -0.25) is 4.79 Å². The molecular formula is C13H13BrN4O. The number of rotatable bonds is 2. The molecule has 2 heterocycles. The molecule has 0 radical (unpaired) electrons. The molecule has 0 bridgehead atoms. The molecule has 1 aromatic carbocycles. The Hall–Kier alpha value is -1.69. The van der Waals surface area contributed by atoms with E-state index in [0.717, 1.165) is 17.4 Å². The molecule has 0 saturated carbocycles. The van der Waals surface area contributed by atoms with Gasteiger partial charge >= 0.3 is 0 Å². The van der Waals surface area contributed by atoms with Crippen molar-refractivity contribution in [1.82, 2.24) is 19.9 Å². The quantitative estimate of drug-likeness (QED) is 0.851. The van der Waals surface area contributed by atoms with E-state index >= 15 is 0 Å². The van der Waals surface area contributed by atoms with Crippen LogP contribution < -0.4 is 0 Å². The summed E-state index contributed by atoms with van der Waals surface area (Å²) in [4.78, 5) is 14.2. The van der Waals surface area contributed by atoms with E-state index in [2.05, 4.69) is 26.2 Å². The summed E-state index contributed by atoms with van der Waals surface area (Å²) < 4.78 is 2.75. The Balaban J connectivity index is 1.73. The molecule has 1 atom stereocenters. The van der Waals surface area contributed by atoms with Gasteiger partial charge in [0, 0.05) is 29.3 Å². The number of hydrogen-bond donors (Lipinski definition) is 0. The van der Waals surface area contributed by atoms with Crippen molar-refractivity contribution in [2.45, 2.75) is 12.5 Å². The fourth-order valence-electron chi connectivity index (χ4n) is 2.36. The smallest absolute Gasteiger partial charge is 0.253 e. The SMILES string of the molecule is O=C(c1cccc(Br)c1)N1CC[C@@H](n2ccnn2)C1. The molecule has 0 aliphatic carbocycles. The van der Waals surface area contributed by atoms with Crippen molar-refractivity contribution in [3.8, 4) is 0 Å². The first-order chi connectivity index (χ1) is 9.24. The van der Waals surface area contributed by atoms with Crippen LogP contribution in [0, 0.1) is 0 Å². The molecule has 1 aliphatic rings. The molecule has 6 heteroatoms. The number of likely N-dealkylation sites (tertiary alicyclic amines) is 1. The van der Waals surface area contributed by atoms with Crippen LogP contribution in [0.15, 0.2) is 41.1 Å². The predicted octanol–water partition coefficient (Wildman–Crippen LogP) is 2.13. The summed E-state index contributed by atoms with van der Waals surface area (Å²) in [7, 11) is 0. The maximum atomic E-state index is 12.4. The van der Waals surface area contributed by atoms with Crippen molar-refractivity contribution in [2.75, 3.05) is 13.1 Å². The minimum atomic E-state index is 0.0731. The van der Waals surface area contributed by atoms with Gasteiger partial charge in [0.25, 0.3) is 5.91 Å². The van der Waals surface area contributed by atoms with Gasteiger partial charge in [-0.2, -0.15) is 0 Å². The van der Waals surface area contributed by atoms with Crippen LogP contribution in [0.25, 0.3) is 0 Å². The highest BCUT2D eigenvalue weighted by Crippen LogP contribution is 2.23. The van der Waals surface area contributed by atoms with E-state index < -0.39 is 0 Å². The molecule has 0 spiro atoms. The highest BCUT2D eigenvalue weighted by Gasteiger charge is 2.28.